The molecule has 0 saturated carbocycles. The minimum atomic E-state index is -3.68. The summed E-state index contributed by atoms with van der Waals surface area (Å²) in [5.41, 5.74) is 2.55. The Labute approximate surface area is 144 Å². The first kappa shape index (κ1) is 15.3. The monoisotopic (exact) mass is 351 g/mol. The summed E-state index contributed by atoms with van der Waals surface area (Å²) >= 11 is 0. The highest BCUT2D eigenvalue weighted by atomic mass is 32.2. The SMILES string of the molecule is O=S(=O)(Nc1cc(-c2cncnc2)c2occc2c1)c1ccccc1. The average Bonchev–Trinajstić information content (AvgIpc) is 3.11. The largest absolute Gasteiger partial charge is 0.464 e. The zero-order chi connectivity index (χ0) is 17.3. The zero-order valence-corrected chi connectivity index (χ0v) is 13.8. The summed E-state index contributed by atoms with van der Waals surface area (Å²) in [6.45, 7) is 0. The van der Waals surface area contributed by atoms with Crippen molar-refractivity contribution < 1.29 is 12.8 Å². The number of nitrogens with one attached hydrogen (secondary N) is 1. The molecule has 0 aliphatic heterocycles. The number of sulfonamides is 1. The summed E-state index contributed by atoms with van der Waals surface area (Å²) in [6, 6.07) is 13.4. The van der Waals surface area contributed by atoms with Crippen LogP contribution in [0.4, 0.5) is 5.69 Å². The minimum absolute atomic E-state index is 0.201. The van der Waals surface area contributed by atoms with E-state index >= 15 is 0 Å². The Kier molecular flexibility index (Phi) is 3.70. The van der Waals surface area contributed by atoms with Crippen LogP contribution >= 0.6 is 0 Å². The van der Waals surface area contributed by atoms with E-state index in [1.54, 1.807) is 67.2 Å². The van der Waals surface area contributed by atoms with Crippen LogP contribution in [0.1, 0.15) is 0 Å². The summed E-state index contributed by atoms with van der Waals surface area (Å²) in [7, 11) is -3.68. The Morgan fingerprint density at radius 3 is 2.48 bits per heavy atom. The summed E-state index contributed by atoms with van der Waals surface area (Å²) < 4.78 is 33.3. The van der Waals surface area contributed by atoms with Gasteiger partial charge in [-0.3, -0.25) is 4.72 Å². The van der Waals surface area contributed by atoms with Crippen molar-refractivity contribution in [3.05, 3.63) is 73.5 Å². The highest BCUT2D eigenvalue weighted by Gasteiger charge is 2.16. The van der Waals surface area contributed by atoms with Crippen molar-refractivity contribution in [2.75, 3.05) is 4.72 Å². The number of rotatable bonds is 4. The molecule has 4 rings (SSSR count). The van der Waals surface area contributed by atoms with Gasteiger partial charge >= 0.3 is 0 Å². The molecule has 0 bridgehead atoms. The number of anilines is 1. The Bertz CT molecular complexity index is 1120. The summed E-state index contributed by atoms with van der Waals surface area (Å²) in [4.78, 5) is 8.23. The fourth-order valence-corrected chi connectivity index (χ4v) is 3.67. The number of aromatic nitrogens is 2. The topological polar surface area (TPSA) is 85.1 Å². The first-order chi connectivity index (χ1) is 12.1. The number of hydrogen-bond donors (Lipinski definition) is 1. The van der Waals surface area contributed by atoms with Crippen LogP contribution in [0, 0.1) is 0 Å². The lowest BCUT2D eigenvalue weighted by atomic mass is 10.1. The van der Waals surface area contributed by atoms with E-state index in [0.717, 1.165) is 10.9 Å². The van der Waals surface area contributed by atoms with Crippen molar-refractivity contribution in [2.24, 2.45) is 0 Å². The minimum Gasteiger partial charge on any atom is -0.464 e. The van der Waals surface area contributed by atoms with Gasteiger partial charge in [-0.1, -0.05) is 18.2 Å². The number of furan rings is 1. The molecular formula is C18H13N3O3S. The smallest absolute Gasteiger partial charge is 0.261 e. The molecule has 2 heterocycles. The van der Waals surface area contributed by atoms with Crippen LogP contribution < -0.4 is 4.72 Å². The van der Waals surface area contributed by atoms with Crippen molar-refractivity contribution in [1.29, 1.82) is 0 Å². The molecular weight excluding hydrogens is 338 g/mol. The molecule has 4 aromatic rings. The fourth-order valence-electron chi connectivity index (χ4n) is 2.61. The van der Waals surface area contributed by atoms with Crippen LogP contribution in [0.5, 0.6) is 0 Å². The highest BCUT2D eigenvalue weighted by molar-refractivity contribution is 7.92. The second-order valence-corrected chi connectivity index (χ2v) is 7.09. The standard InChI is InChI=1S/C18H13N3O3S/c22-25(23,16-4-2-1-3-5-16)21-15-8-13-6-7-24-18(13)17(9-15)14-10-19-12-20-11-14/h1-12,21H. The van der Waals surface area contributed by atoms with Crippen molar-refractivity contribution in [3.63, 3.8) is 0 Å². The lowest BCUT2D eigenvalue weighted by Gasteiger charge is -2.10. The molecule has 0 aliphatic rings. The molecule has 1 N–H and O–H groups in total. The van der Waals surface area contributed by atoms with Gasteiger partial charge in [0.05, 0.1) is 16.8 Å². The maximum absolute atomic E-state index is 12.6. The van der Waals surface area contributed by atoms with Crippen LogP contribution in [-0.4, -0.2) is 18.4 Å². The van der Waals surface area contributed by atoms with E-state index in [4.69, 9.17) is 4.42 Å². The van der Waals surface area contributed by atoms with Gasteiger partial charge < -0.3 is 4.42 Å². The number of fused-ring (bicyclic) bond motifs is 1. The Balaban J connectivity index is 1.81. The Morgan fingerprint density at radius 2 is 1.72 bits per heavy atom. The summed E-state index contributed by atoms with van der Waals surface area (Å²) in [5, 5.41) is 0.784. The van der Waals surface area contributed by atoms with Gasteiger partial charge in [-0.05, 0) is 30.3 Å². The Hall–Kier alpha value is -3.19. The van der Waals surface area contributed by atoms with Crippen LogP contribution in [0.2, 0.25) is 0 Å². The van der Waals surface area contributed by atoms with Gasteiger partial charge in [-0.25, -0.2) is 18.4 Å². The van der Waals surface area contributed by atoms with Crippen LogP contribution in [0.3, 0.4) is 0 Å². The van der Waals surface area contributed by atoms with Crippen LogP contribution in [0.15, 0.2) is 82.8 Å². The third kappa shape index (κ3) is 2.97. The quantitative estimate of drug-likeness (QED) is 0.606. The van der Waals surface area contributed by atoms with Crippen LogP contribution in [-0.2, 0) is 10.0 Å². The lowest BCUT2D eigenvalue weighted by Crippen LogP contribution is -2.12. The molecule has 0 spiro atoms. The second-order valence-electron chi connectivity index (χ2n) is 5.41. The molecule has 0 atom stereocenters. The van der Waals surface area contributed by atoms with E-state index in [1.807, 2.05) is 0 Å². The normalized spacial score (nSPS) is 11.5. The molecule has 0 radical (unpaired) electrons. The fraction of sp³-hybridized carbons (Fsp3) is 0. The van der Waals surface area contributed by atoms with Gasteiger partial charge in [0.2, 0.25) is 0 Å². The summed E-state index contributed by atoms with van der Waals surface area (Å²) in [6.07, 6.45) is 6.30. The van der Waals surface area contributed by atoms with E-state index in [0.29, 0.717) is 16.8 Å². The molecule has 2 aromatic heterocycles. The molecule has 25 heavy (non-hydrogen) atoms. The van der Waals surface area contributed by atoms with Crippen molar-refractivity contribution in [2.45, 2.75) is 4.90 Å². The molecule has 0 saturated heterocycles. The number of hydrogen-bond acceptors (Lipinski definition) is 5. The molecule has 0 amide bonds. The maximum atomic E-state index is 12.6. The average molecular weight is 351 g/mol. The first-order valence-corrected chi connectivity index (χ1v) is 8.96. The highest BCUT2D eigenvalue weighted by Crippen LogP contribution is 2.33. The molecule has 7 heteroatoms. The van der Waals surface area contributed by atoms with E-state index in [9.17, 15) is 8.42 Å². The summed E-state index contributed by atoms with van der Waals surface area (Å²) in [5.74, 6) is 0. The van der Waals surface area contributed by atoms with Crippen molar-refractivity contribution in [3.8, 4) is 11.1 Å². The maximum Gasteiger partial charge on any atom is 0.261 e. The molecule has 0 aliphatic carbocycles. The molecule has 0 fully saturated rings. The predicted molar refractivity (Wildman–Crippen MR) is 94.5 cm³/mol. The van der Waals surface area contributed by atoms with Gasteiger partial charge in [0, 0.05) is 28.9 Å². The van der Waals surface area contributed by atoms with Gasteiger partial charge in [-0.2, -0.15) is 0 Å². The van der Waals surface area contributed by atoms with Gasteiger partial charge in [0.25, 0.3) is 10.0 Å². The van der Waals surface area contributed by atoms with Gasteiger partial charge in [0.1, 0.15) is 11.9 Å². The number of benzene rings is 2. The van der Waals surface area contributed by atoms with Gasteiger partial charge in [0.15, 0.2) is 0 Å². The Morgan fingerprint density at radius 1 is 0.960 bits per heavy atom. The van der Waals surface area contributed by atoms with E-state index in [-0.39, 0.29) is 4.90 Å². The van der Waals surface area contributed by atoms with Gasteiger partial charge in [-0.15, -0.1) is 0 Å². The molecule has 124 valence electrons. The molecule has 6 nitrogen and oxygen atoms in total. The van der Waals surface area contributed by atoms with E-state index < -0.39 is 10.0 Å². The van der Waals surface area contributed by atoms with Crippen LogP contribution in [0.25, 0.3) is 22.1 Å². The molecule has 2 aromatic carbocycles. The van der Waals surface area contributed by atoms with Crippen molar-refractivity contribution >= 4 is 26.7 Å². The third-order valence-electron chi connectivity index (χ3n) is 3.73. The predicted octanol–water partition coefficient (Wildman–Crippen LogP) is 3.69. The second kappa shape index (κ2) is 6.03. The molecule has 0 unspecified atom stereocenters. The lowest BCUT2D eigenvalue weighted by molar-refractivity contribution is 0.601. The number of nitrogens with zero attached hydrogens (tertiary/aromatic N) is 2. The zero-order valence-electron chi connectivity index (χ0n) is 13.0. The van der Waals surface area contributed by atoms with Crippen molar-refractivity contribution in [1.82, 2.24) is 9.97 Å². The third-order valence-corrected chi connectivity index (χ3v) is 5.13. The van der Waals surface area contributed by atoms with E-state index in [2.05, 4.69) is 14.7 Å². The first-order valence-electron chi connectivity index (χ1n) is 7.48. The van der Waals surface area contributed by atoms with E-state index in [1.165, 1.54) is 6.33 Å².